The van der Waals surface area contributed by atoms with Crippen molar-refractivity contribution in [3.8, 4) is 17.2 Å². The minimum atomic E-state index is -3.46. The van der Waals surface area contributed by atoms with E-state index in [2.05, 4.69) is 10.6 Å². The van der Waals surface area contributed by atoms with E-state index in [0.29, 0.717) is 18.0 Å². The number of rotatable bonds is 3. The number of hydrogen-bond acceptors (Lipinski definition) is 7. The summed E-state index contributed by atoms with van der Waals surface area (Å²) >= 11 is 0. The number of amides is 2. The smallest absolute Gasteiger partial charge is 0.258 e. The number of nitrogens with one attached hydrogen (secondary N) is 2. The highest BCUT2D eigenvalue weighted by atomic mass is 32.2. The summed E-state index contributed by atoms with van der Waals surface area (Å²) in [6, 6.07) is 11.2. The van der Waals surface area contributed by atoms with Gasteiger partial charge >= 0.3 is 0 Å². The Hall–Kier alpha value is -3.31. The molecule has 0 spiro atoms. The van der Waals surface area contributed by atoms with Gasteiger partial charge in [-0.05, 0) is 42.8 Å². The summed E-state index contributed by atoms with van der Waals surface area (Å²) in [7, 11) is -2.00. The van der Waals surface area contributed by atoms with E-state index in [1.165, 1.54) is 17.5 Å². The molecule has 0 saturated carbocycles. The highest BCUT2D eigenvalue weighted by molar-refractivity contribution is 7.89. The minimum Gasteiger partial charge on any atom is -0.493 e. The molecule has 0 unspecified atom stereocenters. The third-order valence-corrected chi connectivity index (χ3v) is 7.61. The van der Waals surface area contributed by atoms with Gasteiger partial charge < -0.3 is 24.8 Å². The van der Waals surface area contributed by atoms with E-state index in [0.717, 1.165) is 5.56 Å². The summed E-state index contributed by atoms with van der Waals surface area (Å²) in [5.74, 6) is 0.362. The molecule has 3 aliphatic heterocycles. The van der Waals surface area contributed by atoms with Gasteiger partial charge in [-0.15, -0.1) is 0 Å². The van der Waals surface area contributed by atoms with E-state index in [4.69, 9.17) is 14.2 Å². The maximum absolute atomic E-state index is 13.1. The van der Waals surface area contributed by atoms with Gasteiger partial charge in [0.25, 0.3) is 11.8 Å². The van der Waals surface area contributed by atoms with Gasteiger partial charge in [0, 0.05) is 18.7 Å². The minimum absolute atomic E-state index is 0.0417. The average molecular weight is 490 g/mol. The number of sulfonamides is 1. The van der Waals surface area contributed by atoms with Gasteiger partial charge in [0.2, 0.25) is 10.0 Å². The zero-order valence-electron chi connectivity index (χ0n) is 18.9. The van der Waals surface area contributed by atoms with E-state index in [-0.39, 0.29) is 42.7 Å². The quantitative estimate of drug-likeness (QED) is 0.657. The molecule has 34 heavy (non-hydrogen) atoms. The van der Waals surface area contributed by atoms with E-state index in [1.54, 1.807) is 31.2 Å². The van der Waals surface area contributed by atoms with Crippen LogP contribution in [0.3, 0.4) is 0 Å². The zero-order valence-corrected chi connectivity index (χ0v) is 19.8. The molecule has 2 aromatic carbocycles. The fourth-order valence-corrected chi connectivity index (χ4v) is 4.97. The molecule has 2 amide bonds. The molecular weight excluding hydrogens is 462 g/mol. The van der Waals surface area contributed by atoms with E-state index >= 15 is 0 Å². The predicted octanol–water partition coefficient (Wildman–Crippen LogP) is 0.915. The van der Waals surface area contributed by atoms with Crippen LogP contribution in [0.25, 0.3) is 0 Å². The molecule has 0 aromatic heterocycles. The van der Waals surface area contributed by atoms with Crippen molar-refractivity contribution in [1.82, 2.24) is 14.9 Å². The van der Waals surface area contributed by atoms with Crippen LogP contribution in [0, 0.1) is 0 Å². The molecule has 2 atom stereocenters. The molecule has 182 valence electrons. The Kier molecular flexibility index (Phi) is 6.94. The first kappa shape index (κ1) is 23.8. The molecule has 0 radical (unpaired) electrons. The fraction of sp³-hybridized carbons (Fsp3) is 0.391. The number of ether oxygens (including phenoxy) is 3. The molecule has 3 aliphatic rings. The van der Waals surface area contributed by atoms with Gasteiger partial charge in [-0.3, -0.25) is 9.59 Å². The fourth-order valence-electron chi connectivity index (χ4n) is 3.85. The SMILES string of the molecule is CCS(=O)(=O)N1C[C@@H]2NC(=O)c3ccc(OC)c(c3)OCC(=O)NCc3ccc(cc3)O[C@H]2C1. The molecule has 1 fully saturated rings. The van der Waals surface area contributed by atoms with Crippen LogP contribution in [0.5, 0.6) is 17.2 Å². The number of carbonyl (C=O) groups excluding carboxylic acids is 2. The van der Waals surface area contributed by atoms with Crippen LogP contribution in [0.2, 0.25) is 0 Å². The summed E-state index contributed by atoms with van der Waals surface area (Å²) in [5, 5.41) is 5.67. The molecule has 4 bridgehead atoms. The van der Waals surface area contributed by atoms with Gasteiger partial charge in [-0.2, -0.15) is 4.31 Å². The summed E-state index contributed by atoms with van der Waals surface area (Å²) in [4.78, 5) is 25.3. The Balaban J connectivity index is 1.67. The highest BCUT2D eigenvalue weighted by Crippen LogP contribution is 2.29. The number of methoxy groups -OCH3 is 1. The average Bonchev–Trinajstić information content (AvgIpc) is 3.24. The van der Waals surface area contributed by atoms with Crippen molar-refractivity contribution in [2.45, 2.75) is 25.6 Å². The van der Waals surface area contributed by atoms with Crippen LogP contribution in [0.1, 0.15) is 22.8 Å². The molecule has 3 heterocycles. The van der Waals surface area contributed by atoms with E-state index in [1.807, 2.05) is 12.1 Å². The maximum atomic E-state index is 13.1. The maximum Gasteiger partial charge on any atom is 0.258 e. The van der Waals surface area contributed by atoms with Crippen LogP contribution in [-0.2, 0) is 21.4 Å². The second-order valence-corrected chi connectivity index (χ2v) is 10.3. The first-order valence-corrected chi connectivity index (χ1v) is 12.5. The van der Waals surface area contributed by atoms with Gasteiger partial charge in [-0.25, -0.2) is 8.42 Å². The predicted molar refractivity (Wildman–Crippen MR) is 123 cm³/mol. The Morgan fingerprint density at radius 3 is 2.59 bits per heavy atom. The van der Waals surface area contributed by atoms with Crippen molar-refractivity contribution in [3.05, 3.63) is 53.6 Å². The van der Waals surface area contributed by atoms with Gasteiger partial charge in [0.15, 0.2) is 18.1 Å². The Labute approximate surface area is 198 Å². The van der Waals surface area contributed by atoms with Crippen LogP contribution < -0.4 is 24.8 Å². The van der Waals surface area contributed by atoms with Crippen LogP contribution in [-0.4, -0.2) is 69.2 Å². The molecule has 11 heteroatoms. The summed E-state index contributed by atoms with van der Waals surface area (Å²) in [6.45, 7) is 1.85. The van der Waals surface area contributed by atoms with E-state index < -0.39 is 28.1 Å². The van der Waals surface area contributed by atoms with E-state index in [9.17, 15) is 18.0 Å². The lowest BCUT2D eigenvalue weighted by Gasteiger charge is -2.21. The summed E-state index contributed by atoms with van der Waals surface area (Å²) in [5.41, 5.74) is 1.14. The zero-order chi connectivity index (χ0) is 24.3. The topological polar surface area (TPSA) is 123 Å². The Morgan fingerprint density at radius 1 is 1.12 bits per heavy atom. The third-order valence-electron chi connectivity index (χ3n) is 5.79. The first-order valence-electron chi connectivity index (χ1n) is 10.9. The number of nitrogens with zero attached hydrogens (tertiary/aromatic N) is 1. The second-order valence-electron chi connectivity index (χ2n) is 8.03. The normalized spacial score (nSPS) is 21.5. The van der Waals surface area contributed by atoms with Gasteiger partial charge in [0.1, 0.15) is 11.9 Å². The Morgan fingerprint density at radius 2 is 1.88 bits per heavy atom. The van der Waals surface area contributed by atoms with Crippen LogP contribution >= 0.6 is 0 Å². The van der Waals surface area contributed by atoms with Crippen molar-refractivity contribution in [2.75, 3.05) is 32.6 Å². The summed E-state index contributed by atoms with van der Waals surface area (Å²) in [6.07, 6.45) is -0.583. The molecule has 2 aromatic rings. The standard InChI is InChI=1S/C23H27N3O7S/c1-3-34(29,30)26-12-18-21(13-26)33-17-7-4-15(5-8-17)11-24-22(27)14-32-20-10-16(23(28)25-18)6-9-19(20)31-2/h4-10,18,21H,3,11-14H2,1-2H3,(H,24,27)(H,25,28)/t18-,21-/m0/s1. The molecule has 10 nitrogen and oxygen atoms in total. The van der Waals surface area contributed by atoms with Crippen molar-refractivity contribution in [3.63, 3.8) is 0 Å². The lowest BCUT2D eigenvalue weighted by atomic mass is 10.1. The number of hydrogen-bond donors (Lipinski definition) is 2. The van der Waals surface area contributed by atoms with Gasteiger partial charge in [-0.1, -0.05) is 12.1 Å². The lowest BCUT2D eigenvalue weighted by Crippen LogP contribution is -2.45. The van der Waals surface area contributed by atoms with Crippen molar-refractivity contribution in [2.24, 2.45) is 0 Å². The van der Waals surface area contributed by atoms with Gasteiger partial charge in [0.05, 0.1) is 25.4 Å². The number of fused-ring (bicyclic) bond motifs is 7. The second kappa shape index (κ2) is 9.90. The monoisotopic (exact) mass is 489 g/mol. The lowest BCUT2D eigenvalue weighted by molar-refractivity contribution is -0.123. The Bertz CT molecular complexity index is 1170. The van der Waals surface area contributed by atoms with Crippen molar-refractivity contribution < 1.29 is 32.2 Å². The largest absolute Gasteiger partial charge is 0.493 e. The molecular formula is C23H27N3O7S. The number of benzene rings is 2. The molecule has 2 N–H and O–H groups in total. The summed E-state index contributed by atoms with van der Waals surface area (Å²) < 4.78 is 43.3. The highest BCUT2D eigenvalue weighted by Gasteiger charge is 2.40. The van der Waals surface area contributed by atoms with Crippen molar-refractivity contribution in [1.29, 1.82) is 0 Å². The molecule has 0 aliphatic carbocycles. The number of carbonyl (C=O) groups is 2. The first-order chi connectivity index (χ1) is 16.3. The third kappa shape index (κ3) is 5.26. The van der Waals surface area contributed by atoms with Crippen LogP contribution in [0.15, 0.2) is 42.5 Å². The molecule has 1 saturated heterocycles. The molecule has 5 rings (SSSR count). The van der Waals surface area contributed by atoms with Crippen molar-refractivity contribution >= 4 is 21.8 Å². The van der Waals surface area contributed by atoms with Crippen LogP contribution in [0.4, 0.5) is 0 Å².